The summed E-state index contributed by atoms with van der Waals surface area (Å²) in [6.45, 7) is 0.687. The summed E-state index contributed by atoms with van der Waals surface area (Å²) in [5.74, 6) is 0.559. The van der Waals surface area contributed by atoms with Gasteiger partial charge in [0, 0.05) is 13.0 Å². The molecular weight excluding hydrogens is 385 g/mol. The molecular formula is C24H26FNO4. The molecule has 1 aliphatic carbocycles. The van der Waals surface area contributed by atoms with Crippen molar-refractivity contribution in [1.29, 1.82) is 0 Å². The molecule has 1 saturated carbocycles. The van der Waals surface area contributed by atoms with Crippen LogP contribution in [0.3, 0.4) is 0 Å². The topological polar surface area (TPSA) is 67.8 Å². The number of amides is 1. The van der Waals surface area contributed by atoms with Crippen LogP contribution in [0.15, 0.2) is 60.4 Å². The Bertz CT molecular complexity index is 890. The number of nitrogens with one attached hydrogen (secondary N) is 1. The maximum atomic E-state index is 13.0. The third-order valence-corrected chi connectivity index (χ3v) is 5.55. The van der Waals surface area contributed by atoms with Crippen LogP contribution in [-0.2, 0) is 34.0 Å². The van der Waals surface area contributed by atoms with E-state index in [1.807, 2.05) is 30.3 Å². The summed E-state index contributed by atoms with van der Waals surface area (Å²) in [7, 11) is 0. The predicted molar refractivity (Wildman–Crippen MR) is 109 cm³/mol. The van der Waals surface area contributed by atoms with E-state index in [1.54, 1.807) is 12.1 Å². The lowest BCUT2D eigenvalue weighted by molar-refractivity contribution is -0.154. The summed E-state index contributed by atoms with van der Waals surface area (Å²) in [5.41, 5.74) is 2.65. The van der Waals surface area contributed by atoms with Crippen molar-refractivity contribution in [2.24, 2.45) is 11.8 Å². The molecule has 1 heterocycles. The Balaban J connectivity index is 1.35. The van der Waals surface area contributed by atoms with Gasteiger partial charge in [-0.25, -0.2) is 4.39 Å². The fourth-order valence-electron chi connectivity index (χ4n) is 3.60. The monoisotopic (exact) mass is 411 g/mol. The van der Waals surface area contributed by atoms with Gasteiger partial charge in [0.15, 0.2) is 5.76 Å². The highest BCUT2D eigenvalue weighted by Crippen LogP contribution is 2.42. The summed E-state index contributed by atoms with van der Waals surface area (Å²) in [6.07, 6.45) is 4.51. The second-order valence-electron chi connectivity index (χ2n) is 7.91. The van der Waals surface area contributed by atoms with Crippen molar-refractivity contribution in [3.63, 3.8) is 0 Å². The number of halogens is 1. The number of carbonyl (C=O) groups is 1. The van der Waals surface area contributed by atoms with Gasteiger partial charge in [0.25, 0.3) is 5.91 Å². The Morgan fingerprint density at radius 1 is 1.07 bits per heavy atom. The SMILES string of the molecule is O=C(NCc1ccc(F)cc1)C1=C[C@H](C2CC2)C[C@H](OCc2ccc(CO)cc2)O1. The largest absolute Gasteiger partial charge is 0.459 e. The smallest absolute Gasteiger partial charge is 0.286 e. The number of allylic oxidation sites excluding steroid dienone is 1. The van der Waals surface area contributed by atoms with Crippen LogP contribution in [-0.4, -0.2) is 17.3 Å². The molecule has 1 aliphatic heterocycles. The maximum absolute atomic E-state index is 13.0. The van der Waals surface area contributed by atoms with Crippen molar-refractivity contribution in [3.05, 3.63) is 82.9 Å². The second kappa shape index (κ2) is 9.41. The molecule has 5 nitrogen and oxygen atoms in total. The highest BCUT2D eigenvalue weighted by molar-refractivity contribution is 5.91. The minimum Gasteiger partial charge on any atom is -0.459 e. The zero-order valence-electron chi connectivity index (χ0n) is 16.7. The highest BCUT2D eigenvalue weighted by Gasteiger charge is 2.37. The number of carbonyl (C=O) groups excluding carboxylic acids is 1. The number of aliphatic hydroxyl groups is 1. The Hall–Kier alpha value is -2.70. The van der Waals surface area contributed by atoms with Crippen LogP contribution in [0.25, 0.3) is 0 Å². The van der Waals surface area contributed by atoms with Crippen molar-refractivity contribution in [3.8, 4) is 0 Å². The van der Waals surface area contributed by atoms with Crippen LogP contribution < -0.4 is 5.32 Å². The zero-order valence-corrected chi connectivity index (χ0v) is 16.7. The highest BCUT2D eigenvalue weighted by atomic mass is 19.1. The molecule has 0 bridgehead atoms. The first kappa shape index (κ1) is 20.6. The van der Waals surface area contributed by atoms with E-state index in [9.17, 15) is 9.18 Å². The molecule has 0 unspecified atom stereocenters. The molecule has 2 atom stereocenters. The van der Waals surface area contributed by atoms with Crippen LogP contribution in [0.1, 0.15) is 36.0 Å². The minimum atomic E-state index is -0.482. The first-order chi connectivity index (χ1) is 14.6. The molecule has 6 heteroatoms. The van der Waals surface area contributed by atoms with Gasteiger partial charge in [0.2, 0.25) is 6.29 Å². The van der Waals surface area contributed by atoms with Gasteiger partial charge >= 0.3 is 0 Å². The zero-order chi connectivity index (χ0) is 20.9. The number of ether oxygens (including phenoxy) is 2. The molecule has 4 rings (SSSR count). The molecule has 2 aromatic rings. The van der Waals surface area contributed by atoms with E-state index < -0.39 is 6.29 Å². The Kier molecular flexibility index (Phi) is 6.45. The van der Waals surface area contributed by atoms with E-state index in [1.165, 1.54) is 25.0 Å². The van der Waals surface area contributed by atoms with E-state index in [2.05, 4.69) is 5.32 Å². The van der Waals surface area contributed by atoms with Crippen molar-refractivity contribution in [1.82, 2.24) is 5.32 Å². The van der Waals surface area contributed by atoms with E-state index in [0.29, 0.717) is 24.8 Å². The lowest BCUT2D eigenvalue weighted by Crippen LogP contribution is -2.33. The third kappa shape index (κ3) is 5.46. The summed E-state index contributed by atoms with van der Waals surface area (Å²) >= 11 is 0. The van der Waals surface area contributed by atoms with Crippen molar-refractivity contribution >= 4 is 5.91 Å². The Morgan fingerprint density at radius 2 is 1.73 bits per heavy atom. The number of rotatable bonds is 8. The van der Waals surface area contributed by atoms with E-state index in [4.69, 9.17) is 14.6 Å². The van der Waals surface area contributed by atoms with Gasteiger partial charge in [0.1, 0.15) is 5.82 Å². The van der Waals surface area contributed by atoms with Gasteiger partial charge < -0.3 is 19.9 Å². The second-order valence-corrected chi connectivity index (χ2v) is 7.91. The summed E-state index contributed by atoms with van der Waals surface area (Å²) in [4.78, 5) is 12.7. The molecule has 30 heavy (non-hydrogen) atoms. The van der Waals surface area contributed by atoms with Gasteiger partial charge in [-0.1, -0.05) is 36.4 Å². The molecule has 2 N–H and O–H groups in total. The molecule has 1 amide bonds. The summed E-state index contributed by atoms with van der Waals surface area (Å²) in [6, 6.07) is 13.6. The van der Waals surface area contributed by atoms with Gasteiger partial charge in [-0.3, -0.25) is 4.79 Å². The average molecular weight is 411 g/mol. The summed E-state index contributed by atoms with van der Waals surface area (Å²) < 4.78 is 24.9. The normalized spacial score (nSPS) is 20.9. The molecule has 2 aromatic carbocycles. The standard InChI is InChI=1S/C24H26FNO4/c25-21-9-5-16(6-10-21)13-26-24(28)22-11-20(19-7-8-19)12-23(30-22)29-15-18-3-1-17(14-27)2-4-18/h1-6,9-11,19-20,23,27H,7-8,12-15H2,(H,26,28)/t20-,23+/m0/s1. The fraction of sp³-hybridized carbons (Fsp3) is 0.375. The van der Waals surface area contributed by atoms with Crippen LogP contribution in [0, 0.1) is 17.7 Å². The fourth-order valence-corrected chi connectivity index (χ4v) is 3.60. The van der Waals surface area contributed by atoms with Gasteiger partial charge in [0.05, 0.1) is 13.2 Å². The molecule has 0 spiro atoms. The predicted octanol–water partition coefficient (Wildman–Crippen LogP) is 3.81. The van der Waals surface area contributed by atoms with Gasteiger partial charge in [-0.15, -0.1) is 0 Å². The Labute approximate surface area is 175 Å². The third-order valence-electron chi connectivity index (χ3n) is 5.55. The lowest BCUT2D eigenvalue weighted by atomic mass is 9.96. The van der Waals surface area contributed by atoms with Crippen molar-refractivity contribution in [2.75, 3.05) is 0 Å². The first-order valence-corrected chi connectivity index (χ1v) is 10.3. The van der Waals surface area contributed by atoms with Gasteiger partial charge in [-0.05, 0) is 59.6 Å². The Morgan fingerprint density at radius 3 is 2.40 bits per heavy atom. The average Bonchev–Trinajstić information content (AvgIpc) is 3.63. The van der Waals surface area contributed by atoms with E-state index in [0.717, 1.165) is 23.1 Å². The number of aliphatic hydroxyl groups excluding tert-OH is 1. The van der Waals surface area contributed by atoms with E-state index in [-0.39, 0.29) is 24.2 Å². The van der Waals surface area contributed by atoms with E-state index >= 15 is 0 Å². The molecule has 0 saturated heterocycles. The number of benzene rings is 2. The molecule has 0 aromatic heterocycles. The van der Waals surface area contributed by atoms with Crippen LogP contribution in [0.2, 0.25) is 0 Å². The number of hydrogen-bond donors (Lipinski definition) is 2. The van der Waals surface area contributed by atoms with Gasteiger partial charge in [-0.2, -0.15) is 0 Å². The molecule has 0 radical (unpaired) electrons. The van der Waals surface area contributed by atoms with Crippen LogP contribution in [0.4, 0.5) is 4.39 Å². The van der Waals surface area contributed by atoms with Crippen LogP contribution in [0.5, 0.6) is 0 Å². The molecule has 2 aliphatic rings. The van der Waals surface area contributed by atoms with Crippen molar-refractivity contribution < 1.29 is 23.8 Å². The molecule has 158 valence electrons. The summed E-state index contributed by atoms with van der Waals surface area (Å²) in [5, 5.41) is 12.0. The van der Waals surface area contributed by atoms with Crippen molar-refractivity contribution in [2.45, 2.75) is 45.3 Å². The first-order valence-electron chi connectivity index (χ1n) is 10.3. The quantitative estimate of drug-likeness (QED) is 0.693. The minimum absolute atomic E-state index is 0.0110. The lowest BCUT2D eigenvalue weighted by Gasteiger charge is -2.29. The van der Waals surface area contributed by atoms with Crippen LogP contribution >= 0.6 is 0 Å². The number of hydrogen-bond acceptors (Lipinski definition) is 4. The maximum Gasteiger partial charge on any atom is 0.286 e. The molecule has 1 fully saturated rings.